The molecule has 3 rings (SSSR count). The number of nitrogens with one attached hydrogen (secondary N) is 1. The molecule has 0 aliphatic carbocycles. The van der Waals surface area contributed by atoms with Crippen molar-refractivity contribution in [1.82, 2.24) is 4.98 Å². The lowest BCUT2D eigenvalue weighted by atomic mass is 10.1. The second-order valence-electron chi connectivity index (χ2n) is 6.73. The molecule has 1 heterocycles. The molecule has 1 amide bonds. The molecule has 3 aromatic rings. The van der Waals surface area contributed by atoms with E-state index in [9.17, 15) is 4.79 Å². The molecule has 0 aliphatic heterocycles. The molecule has 152 valence electrons. The van der Waals surface area contributed by atoms with Crippen molar-refractivity contribution in [1.29, 1.82) is 0 Å². The monoisotopic (exact) mass is 412 g/mol. The molecular formula is C22H24N2O4S. The number of benzene rings is 2. The number of carbonyl (C=O) groups excluding carboxylic acids is 1. The van der Waals surface area contributed by atoms with Crippen molar-refractivity contribution in [3.8, 4) is 28.5 Å². The second-order valence-corrected chi connectivity index (χ2v) is 7.59. The molecule has 6 nitrogen and oxygen atoms in total. The van der Waals surface area contributed by atoms with Gasteiger partial charge in [-0.15, -0.1) is 11.3 Å². The van der Waals surface area contributed by atoms with Crippen LogP contribution in [0.2, 0.25) is 0 Å². The average molecular weight is 413 g/mol. The summed E-state index contributed by atoms with van der Waals surface area (Å²) in [5.41, 5.74) is 3.21. The minimum Gasteiger partial charge on any atom is -0.496 e. The Kier molecular flexibility index (Phi) is 6.39. The van der Waals surface area contributed by atoms with E-state index < -0.39 is 0 Å². The minimum absolute atomic E-state index is 0.0101. The fourth-order valence-corrected chi connectivity index (χ4v) is 3.51. The first-order valence-corrected chi connectivity index (χ1v) is 10.1. The van der Waals surface area contributed by atoms with Crippen LogP contribution >= 0.6 is 11.3 Å². The smallest absolute Gasteiger partial charge is 0.257 e. The number of amides is 1. The Bertz CT molecular complexity index is 1010. The summed E-state index contributed by atoms with van der Waals surface area (Å²) in [7, 11) is 3.18. The quantitative estimate of drug-likeness (QED) is 0.579. The number of rotatable bonds is 7. The lowest BCUT2D eigenvalue weighted by molar-refractivity contribution is 0.102. The Hall–Kier alpha value is -3.06. The van der Waals surface area contributed by atoms with Crippen molar-refractivity contribution in [3.63, 3.8) is 0 Å². The van der Waals surface area contributed by atoms with E-state index in [0.29, 0.717) is 22.2 Å². The van der Waals surface area contributed by atoms with Gasteiger partial charge in [0.05, 0.1) is 26.0 Å². The minimum atomic E-state index is -0.267. The Balaban J connectivity index is 1.80. The molecule has 0 unspecified atom stereocenters. The lowest BCUT2D eigenvalue weighted by Gasteiger charge is -2.14. The largest absolute Gasteiger partial charge is 0.496 e. The van der Waals surface area contributed by atoms with Crippen molar-refractivity contribution in [2.75, 3.05) is 19.5 Å². The van der Waals surface area contributed by atoms with Gasteiger partial charge in [-0.25, -0.2) is 4.98 Å². The van der Waals surface area contributed by atoms with Gasteiger partial charge in [0.1, 0.15) is 5.75 Å². The fraction of sp³-hybridized carbons (Fsp3) is 0.273. The first-order valence-electron chi connectivity index (χ1n) is 9.18. The Labute approximate surface area is 174 Å². The van der Waals surface area contributed by atoms with E-state index in [-0.39, 0.29) is 12.0 Å². The van der Waals surface area contributed by atoms with Gasteiger partial charge >= 0.3 is 0 Å². The van der Waals surface area contributed by atoms with Crippen LogP contribution in [0.1, 0.15) is 29.8 Å². The van der Waals surface area contributed by atoms with E-state index in [2.05, 4.69) is 10.3 Å². The topological polar surface area (TPSA) is 69.7 Å². The summed E-state index contributed by atoms with van der Waals surface area (Å²) in [6.45, 7) is 5.88. The van der Waals surface area contributed by atoms with Gasteiger partial charge in [0.25, 0.3) is 5.91 Å². The Morgan fingerprint density at radius 2 is 1.76 bits per heavy atom. The highest BCUT2D eigenvalue weighted by atomic mass is 32.1. The molecule has 0 spiro atoms. The number of anilines is 1. The van der Waals surface area contributed by atoms with Gasteiger partial charge in [0, 0.05) is 16.5 Å². The van der Waals surface area contributed by atoms with Crippen LogP contribution in [0.5, 0.6) is 17.2 Å². The fourth-order valence-electron chi connectivity index (χ4n) is 2.81. The third-order valence-electron chi connectivity index (χ3n) is 4.14. The van der Waals surface area contributed by atoms with Crippen LogP contribution in [-0.2, 0) is 0 Å². The van der Waals surface area contributed by atoms with Crippen molar-refractivity contribution in [2.45, 2.75) is 26.9 Å². The lowest BCUT2D eigenvalue weighted by Crippen LogP contribution is -2.12. The van der Waals surface area contributed by atoms with Crippen LogP contribution in [0.3, 0.4) is 0 Å². The molecule has 0 fully saturated rings. The van der Waals surface area contributed by atoms with Crippen LogP contribution < -0.4 is 19.5 Å². The SMILES string of the molecule is COc1cc(C(=O)Nc2nc(-c3cc(C)ccc3OC)cs2)ccc1OC(C)C. The zero-order valence-corrected chi connectivity index (χ0v) is 17.9. The average Bonchev–Trinajstić information content (AvgIpc) is 3.16. The van der Waals surface area contributed by atoms with Crippen molar-refractivity contribution < 1.29 is 19.0 Å². The Morgan fingerprint density at radius 1 is 1.03 bits per heavy atom. The highest BCUT2D eigenvalue weighted by Gasteiger charge is 2.15. The number of ether oxygens (including phenoxy) is 3. The number of hydrogen-bond donors (Lipinski definition) is 1. The van der Waals surface area contributed by atoms with E-state index in [4.69, 9.17) is 14.2 Å². The third-order valence-corrected chi connectivity index (χ3v) is 4.90. The van der Waals surface area contributed by atoms with Gasteiger partial charge in [-0.2, -0.15) is 0 Å². The van der Waals surface area contributed by atoms with Crippen LogP contribution in [0.25, 0.3) is 11.3 Å². The van der Waals surface area contributed by atoms with Crippen LogP contribution in [0, 0.1) is 6.92 Å². The predicted molar refractivity (Wildman–Crippen MR) is 116 cm³/mol. The summed E-state index contributed by atoms with van der Waals surface area (Å²) >= 11 is 1.36. The van der Waals surface area contributed by atoms with Gasteiger partial charge in [-0.05, 0) is 51.1 Å². The molecule has 0 atom stereocenters. The highest BCUT2D eigenvalue weighted by molar-refractivity contribution is 7.14. The van der Waals surface area contributed by atoms with E-state index in [1.54, 1.807) is 32.4 Å². The van der Waals surface area contributed by atoms with Crippen molar-refractivity contribution >= 4 is 22.4 Å². The molecule has 0 saturated carbocycles. The summed E-state index contributed by atoms with van der Waals surface area (Å²) in [6, 6.07) is 11.0. The van der Waals surface area contributed by atoms with Gasteiger partial charge in [0.15, 0.2) is 16.6 Å². The van der Waals surface area contributed by atoms with Gasteiger partial charge in [-0.3, -0.25) is 10.1 Å². The van der Waals surface area contributed by atoms with E-state index in [1.807, 2.05) is 44.4 Å². The van der Waals surface area contributed by atoms with Crippen LogP contribution in [0.15, 0.2) is 41.8 Å². The first-order chi connectivity index (χ1) is 13.9. The number of carbonyl (C=O) groups is 1. The summed E-state index contributed by atoms with van der Waals surface area (Å²) in [5, 5.41) is 5.25. The maximum absolute atomic E-state index is 12.7. The summed E-state index contributed by atoms with van der Waals surface area (Å²) in [4.78, 5) is 17.2. The molecular weight excluding hydrogens is 388 g/mol. The zero-order valence-electron chi connectivity index (χ0n) is 17.1. The molecule has 0 saturated heterocycles. The van der Waals surface area contributed by atoms with E-state index in [1.165, 1.54) is 11.3 Å². The van der Waals surface area contributed by atoms with Crippen LogP contribution in [-0.4, -0.2) is 31.2 Å². The molecule has 29 heavy (non-hydrogen) atoms. The van der Waals surface area contributed by atoms with Crippen molar-refractivity contribution in [3.05, 3.63) is 52.9 Å². The number of nitrogens with zero attached hydrogens (tertiary/aromatic N) is 1. The number of hydrogen-bond acceptors (Lipinski definition) is 6. The van der Waals surface area contributed by atoms with E-state index >= 15 is 0 Å². The zero-order chi connectivity index (χ0) is 21.0. The maximum Gasteiger partial charge on any atom is 0.257 e. The summed E-state index contributed by atoms with van der Waals surface area (Å²) in [6.07, 6.45) is 0.0101. The predicted octanol–water partition coefficient (Wildman–Crippen LogP) is 5.18. The van der Waals surface area contributed by atoms with Gasteiger partial charge in [0.2, 0.25) is 0 Å². The molecule has 0 aliphatic rings. The number of methoxy groups -OCH3 is 2. The van der Waals surface area contributed by atoms with Gasteiger partial charge in [-0.1, -0.05) is 11.6 Å². The summed E-state index contributed by atoms with van der Waals surface area (Å²) in [5.74, 6) is 1.58. The molecule has 1 aromatic heterocycles. The molecule has 0 radical (unpaired) electrons. The molecule has 0 bridgehead atoms. The molecule has 1 N–H and O–H groups in total. The van der Waals surface area contributed by atoms with E-state index in [0.717, 1.165) is 22.6 Å². The second kappa shape index (κ2) is 8.96. The molecule has 2 aromatic carbocycles. The normalized spacial score (nSPS) is 10.7. The van der Waals surface area contributed by atoms with Crippen molar-refractivity contribution in [2.24, 2.45) is 0 Å². The van der Waals surface area contributed by atoms with Gasteiger partial charge < -0.3 is 14.2 Å². The highest BCUT2D eigenvalue weighted by Crippen LogP contribution is 2.33. The maximum atomic E-state index is 12.7. The summed E-state index contributed by atoms with van der Waals surface area (Å²) < 4.78 is 16.5. The standard InChI is InChI=1S/C22H24N2O4S/c1-13(2)28-19-9-7-15(11-20(19)27-5)21(25)24-22-23-17(12-29-22)16-10-14(3)6-8-18(16)26-4/h6-13H,1-5H3,(H,23,24,25). The first kappa shape index (κ1) is 20.7. The number of aryl methyl sites for hydroxylation is 1. The number of aromatic nitrogens is 1. The Morgan fingerprint density at radius 3 is 2.45 bits per heavy atom. The molecule has 7 heteroatoms. The number of thiazole rings is 1. The van der Waals surface area contributed by atoms with Crippen LogP contribution in [0.4, 0.5) is 5.13 Å². The third kappa shape index (κ3) is 4.86.